The molecule has 2 N–H and O–H groups in total. The highest BCUT2D eigenvalue weighted by Gasteiger charge is 2.17. The number of hydrogen-bond donors (Lipinski definition) is 2. The molecule has 7 rings (SSSR count). The van der Waals surface area contributed by atoms with Gasteiger partial charge in [-0.3, -0.25) is 10.1 Å². The van der Waals surface area contributed by atoms with Crippen LogP contribution in [0.15, 0.2) is 73.2 Å². The Morgan fingerprint density at radius 3 is 2.91 bits per heavy atom. The maximum Gasteiger partial charge on any atom is 0.160 e. The molecule has 0 radical (unpaired) electrons. The minimum absolute atomic E-state index is 0.627. The lowest BCUT2D eigenvalue weighted by molar-refractivity contribution is 0.310. The number of H-pyrrole nitrogens is 2. The Labute approximate surface area is 194 Å². The van der Waals surface area contributed by atoms with Crippen molar-refractivity contribution in [2.24, 2.45) is 0 Å². The fraction of sp³-hybridized carbons (Fsp3) is 0.111. The summed E-state index contributed by atoms with van der Waals surface area (Å²) < 4.78 is 6.04. The van der Waals surface area contributed by atoms with E-state index in [9.17, 15) is 0 Å². The zero-order valence-electron chi connectivity index (χ0n) is 18.2. The van der Waals surface area contributed by atoms with E-state index in [1.54, 1.807) is 6.20 Å². The highest BCUT2D eigenvalue weighted by Crippen LogP contribution is 2.33. The molecule has 0 aliphatic carbocycles. The minimum Gasteiger partial charge on any atom is -0.492 e. The van der Waals surface area contributed by atoms with Crippen LogP contribution in [0.5, 0.6) is 5.75 Å². The molecule has 0 atom stereocenters. The summed E-state index contributed by atoms with van der Waals surface area (Å²) in [6.45, 7) is 0.627. The maximum absolute atomic E-state index is 6.04. The van der Waals surface area contributed by atoms with Gasteiger partial charge >= 0.3 is 0 Å². The van der Waals surface area contributed by atoms with Crippen molar-refractivity contribution in [1.29, 1.82) is 0 Å². The van der Waals surface area contributed by atoms with E-state index in [2.05, 4.69) is 61.5 Å². The summed E-state index contributed by atoms with van der Waals surface area (Å²) >= 11 is 0. The smallest absolute Gasteiger partial charge is 0.160 e. The van der Waals surface area contributed by atoms with E-state index in [0.717, 1.165) is 68.6 Å². The van der Waals surface area contributed by atoms with Crippen molar-refractivity contribution in [3.8, 4) is 39.5 Å². The van der Waals surface area contributed by atoms with Crippen LogP contribution >= 0.6 is 0 Å². The van der Waals surface area contributed by atoms with Crippen LogP contribution in [0.25, 0.3) is 55.8 Å². The number of fused-ring (bicyclic) bond motifs is 9. The fourth-order valence-corrected chi connectivity index (χ4v) is 4.65. The average molecular weight is 444 g/mol. The molecule has 164 valence electrons. The molecule has 0 spiro atoms. The van der Waals surface area contributed by atoms with Gasteiger partial charge in [0.05, 0.1) is 18.3 Å². The van der Waals surface area contributed by atoms with Gasteiger partial charge in [0.1, 0.15) is 17.0 Å². The SMILES string of the molecule is c1cc2cc(c1)-c1ccnc3[nH]c(nc13)-c1n[nH]c3ccc(cc13)-c1cncc(c1)OCCC2. The molecular formula is C27H20N6O. The van der Waals surface area contributed by atoms with Crippen LogP contribution in [0.2, 0.25) is 0 Å². The highest BCUT2D eigenvalue weighted by atomic mass is 16.5. The van der Waals surface area contributed by atoms with Gasteiger partial charge in [-0.25, -0.2) is 9.97 Å². The number of nitrogens with zero attached hydrogens (tertiary/aromatic N) is 4. The quantitative estimate of drug-likeness (QED) is 0.320. The van der Waals surface area contributed by atoms with Crippen LogP contribution < -0.4 is 4.74 Å². The molecule has 0 fully saturated rings. The summed E-state index contributed by atoms with van der Waals surface area (Å²) in [6.07, 6.45) is 7.28. The summed E-state index contributed by atoms with van der Waals surface area (Å²) in [6, 6.07) is 18.9. The van der Waals surface area contributed by atoms with E-state index in [0.29, 0.717) is 12.4 Å². The zero-order chi connectivity index (χ0) is 22.5. The van der Waals surface area contributed by atoms with Crippen LogP contribution in [0.4, 0.5) is 0 Å². The lowest BCUT2D eigenvalue weighted by Gasteiger charge is -2.09. The summed E-state index contributed by atoms with van der Waals surface area (Å²) in [7, 11) is 0. The van der Waals surface area contributed by atoms with E-state index in [1.807, 2.05) is 30.6 Å². The van der Waals surface area contributed by atoms with Crippen molar-refractivity contribution in [3.63, 3.8) is 0 Å². The third-order valence-electron chi connectivity index (χ3n) is 6.33. The summed E-state index contributed by atoms with van der Waals surface area (Å²) in [5, 5.41) is 8.69. The van der Waals surface area contributed by atoms with E-state index in [4.69, 9.17) is 9.72 Å². The summed E-state index contributed by atoms with van der Waals surface area (Å²) in [5.41, 5.74) is 8.75. The molecule has 0 saturated heterocycles. The zero-order valence-corrected chi connectivity index (χ0v) is 18.2. The van der Waals surface area contributed by atoms with Crippen LogP contribution in [-0.2, 0) is 6.42 Å². The van der Waals surface area contributed by atoms with E-state index in [1.165, 1.54) is 5.56 Å². The number of pyridine rings is 2. The van der Waals surface area contributed by atoms with Gasteiger partial charge in [0, 0.05) is 28.9 Å². The van der Waals surface area contributed by atoms with Gasteiger partial charge in [-0.2, -0.15) is 5.10 Å². The van der Waals surface area contributed by atoms with Gasteiger partial charge in [0.15, 0.2) is 11.5 Å². The van der Waals surface area contributed by atoms with Crippen LogP contribution in [0.3, 0.4) is 0 Å². The molecule has 7 nitrogen and oxygen atoms in total. The van der Waals surface area contributed by atoms with E-state index in [-0.39, 0.29) is 0 Å². The van der Waals surface area contributed by atoms with E-state index < -0.39 is 0 Å². The molecule has 0 amide bonds. The van der Waals surface area contributed by atoms with Gasteiger partial charge < -0.3 is 9.72 Å². The molecule has 4 aromatic heterocycles. The second kappa shape index (κ2) is 7.52. The van der Waals surface area contributed by atoms with Crippen molar-refractivity contribution in [3.05, 3.63) is 78.8 Å². The van der Waals surface area contributed by atoms with Crippen molar-refractivity contribution in [2.45, 2.75) is 12.8 Å². The first-order valence-electron chi connectivity index (χ1n) is 11.3. The number of hydrogen-bond acceptors (Lipinski definition) is 5. The Kier molecular flexibility index (Phi) is 4.20. The summed E-state index contributed by atoms with van der Waals surface area (Å²) in [4.78, 5) is 17.3. The van der Waals surface area contributed by atoms with Gasteiger partial charge in [0.2, 0.25) is 0 Å². The van der Waals surface area contributed by atoms with Crippen molar-refractivity contribution >= 4 is 22.1 Å². The van der Waals surface area contributed by atoms with Crippen LogP contribution in [-0.4, -0.2) is 36.7 Å². The molecule has 7 heteroatoms. The molecule has 34 heavy (non-hydrogen) atoms. The van der Waals surface area contributed by atoms with Gasteiger partial charge in [-0.1, -0.05) is 30.3 Å². The van der Waals surface area contributed by atoms with Gasteiger partial charge in [-0.15, -0.1) is 0 Å². The monoisotopic (exact) mass is 444 g/mol. The molecular weight excluding hydrogens is 424 g/mol. The number of aryl methyl sites for hydroxylation is 1. The Bertz CT molecular complexity index is 1680. The predicted octanol–water partition coefficient (Wildman–Crippen LogP) is 5.56. The average Bonchev–Trinajstić information content (AvgIpc) is 3.50. The lowest BCUT2D eigenvalue weighted by Crippen LogP contribution is -2.00. The first kappa shape index (κ1) is 19.0. The second-order valence-corrected chi connectivity index (χ2v) is 8.54. The molecule has 5 heterocycles. The Morgan fingerprint density at radius 1 is 0.912 bits per heavy atom. The Hall–Kier alpha value is -4.52. The van der Waals surface area contributed by atoms with E-state index >= 15 is 0 Å². The Balaban J connectivity index is 1.47. The number of benzene rings is 2. The second-order valence-electron chi connectivity index (χ2n) is 8.54. The molecule has 0 saturated carbocycles. The number of aromatic nitrogens is 6. The third kappa shape index (κ3) is 3.13. The molecule has 1 aliphatic heterocycles. The molecule has 0 unspecified atom stereocenters. The maximum atomic E-state index is 6.04. The first-order chi connectivity index (χ1) is 16.8. The number of aromatic amines is 2. The largest absolute Gasteiger partial charge is 0.492 e. The molecule has 2 aromatic carbocycles. The van der Waals surface area contributed by atoms with Crippen LogP contribution in [0.1, 0.15) is 12.0 Å². The normalized spacial score (nSPS) is 13.2. The number of imidazole rings is 1. The van der Waals surface area contributed by atoms with Crippen molar-refractivity contribution in [1.82, 2.24) is 30.1 Å². The highest BCUT2D eigenvalue weighted by molar-refractivity contribution is 5.97. The van der Waals surface area contributed by atoms with Crippen molar-refractivity contribution < 1.29 is 4.74 Å². The van der Waals surface area contributed by atoms with Gasteiger partial charge in [0.25, 0.3) is 0 Å². The van der Waals surface area contributed by atoms with Gasteiger partial charge in [-0.05, 0) is 53.8 Å². The number of nitrogens with one attached hydrogen (secondary N) is 2. The first-order valence-corrected chi connectivity index (χ1v) is 11.3. The lowest BCUT2D eigenvalue weighted by atomic mass is 10.0. The van der Waals surface area contributed by atoms with Crippen molar-refractivity contribution in [2.75, 3.05) is 6.61 Å². The molecule has 6 aromatic rings. The summed E-state index contributed by atoms with van der Waals surface area (Å²) in [5.74, 6) is 1.46. The number of rotatable bonds is 0. The molecule has 1 aliphatic rings. The minimum atomic E-state index is 0.627. The fourth-order valence-electron chi connectivity index (χ4n) is 4.65. The third-order valence-corrected chi connectivity index (χ3v) is 6.33. The topological polar surface area (TPSA) is 92.4 Å². The molecule has 8 bridgehead atoms. The standard InChI is InChI=1S/C27H20N6O/c1-3-16-4-2-10-34-20-12-19(14-28-15-20)17-6-7-23-22(13-17)25(33-32-23)27-30-24-21(18(5-1)11-16)8-9-29-26(24)31-27/h1,3,5-9,11-15H,2,4,10H2,(H,32,33)(H,29,30,31). The van der Waals surface area contributed by atoms with Crippen LogP contribution in [0, 0.1) is 0 Å². The Morgan fingerprint density at radius 2 is 1.91 bits per heavy atom. The predicted molar refractivity (Wildman–Crippen MR) is 131 cm³/mol. The number of ether oxygens (including phenoxy) is 1.